The Labute approximate surface area is 164 Å². The lowest BCUT2D eigenvalue weighted by atomic mass is 10.2. The molecule has 0 fully saturated rings. The fraction of sp³-hybridized carbons (Fsp3) is 0.471. The highest BCUT2D eigenvalue weighted by Gasteiger charge is 2.29. The van der Waals surface area contributed by atoms with E-state index >= 15 is 0 Å². The normalized spacial score (nSPS) is 11.2. The molecule has 12 heteroatoms. The van der Waals surface area contributed by atoms with E-state index in [-0.39, 0.29) is 17.6 Å². The Hall–Kier alpha value is -3.18. The number of hydrogen-bond acceptors (Lipinski definition) is 8. The molecule has 2 rings (SSSR count). The summed E-state index contributed by atoms with van der Waals surface area (Å²) in [6.07, 6.45) is -0.536. The van der Waals surface area contributed by atoms with Gasteiger partial charge in [-0.15, -0.1) is 0 Å². The van der Waals surface area contributed by atoms with Crippen molar-refractivity contribution in [2.45, 2.75) is 38.8 Å². The Bertz CT molecular complexity index is 802. The minimum Gasteiger partial charge on any atom is -0.454 e. The zero-order valence-corrected chi connectivity index (χ0v) is 15.7. The van der Waals surface area contributed by atoms with Gasteiger partial charge in [0.15, 0.2) is 6.61 Å². The molecule has 0 radical (unpaired) electrons. The van der Waals surface area contributed by atoms with Crippen molar-refractivity contribution in [3.8, 4) is 6.01 Å². The molecule has 0 saturated heterocycles. The highest BCUT2D eigenvalue weighted by atomic mass is 19.4. The van der Waals surface area contributed by atoms with E-state index in [1.807, 2.05) is 0 Å². The Morgan fingerprint density at radius 2 is 1.76 bits per heavy atom. The first-order chi connectivity index (χ1) is 13.8. The second kappa shape index (κ2) is 10.4. The Balaban J connectivity index is 2.12. The van der Waals surface area contributed by atoms with Crippen molar-refractivity contribution >= 4 is 23.3 Å². The molecule has 0 atom stereocenters. The fourth-order valence-corrected chi connectivity index (χ4v) is 2.25. The van der Waals surface area contributed by atoms with Crippen LogP contribution in [0.15, 0.2) is 24.3 Å². The molecule has 0 unspecified atom stereocenters. The molecule has 1 aromatic heterocycles. The molecular formula is C17H21F3N6O3. The van der Waals surface area contributed by atoms with Crippen LogP contribution in [0.1, 0.15) is 32.6 Å². The van der Waals surface area contributed by atoms with E-state index in [0.717, 1.165) is 25.7 Å². The summed E-state index contributed by atoms with van der Waals surface area (Å²) in [5.74, 6) is 0.0140. The topological polar surface area (TPSA) is 115 Å². The van der Waals surface area contributed by atoms with Gasteiger partial charge in [0.05, 0.1) is 4.92 Å². The van der Waals surface area contributed by atoms with Gasteiger partial charge in [0.25, 0.3) is 5.69 Å². The van der Waals surface area contributed by atoms with Gasteiger partial charge in [0.2, 0.25) is 11.9 Å². The number of anilines is 3. The number of nitro groups is 1. The van der Waals surface area contributed by atoms with Crippen molar-refractivity contribution in [1.29, 1.82) is 0 Å². The molecule has 0 spiro atoms. The Morgan fingerprint density at radius 1 is 1.07 bits per heavy atom. The maximum Gasteiger partial charge on any atom is 0.422 e. The molecule has 9 nitrogen and oxygen atoms in total. The second-order valence-corrected chi connectivity index (χ2v) is 6.09. The predicted octanol–water partition coefficient (Wildman–Crippen LogP) is 4.46. The number of unbranched alkanes of at least 4 members (excludes halogenated alkanes) is 3. The van der Waals surface area contributed by atoms with Crippen molar-refractivity contribution in [3.05, 3.63) is 34.4 Å². The second-order valence-electron chi connectivity index (χ2n) is 6.09. The molecule has 0 saturated carbocycles. The number of halogens is 3. The van der Waals surface area contributed by atoms with E-state index in [2.05, 4.69) is 37.2 Å². The average molecular weight is 414 g/mol. The number of benzene rings is 1. The smallest absolute Gasteiger partial charge is 0.422 e. The Morgan fingerprint density at radius 3 is 2.38 bits per heavy atom. The molecule has 0 aliphatic rings. The lowest BCUT2D eigenvalue weighted by Crippen LogP contribution is -2.21. The summed E-state index contributed by atoms with van der Waals surface area (Å²) in [4.78, 5) is 21.9. The lowest BCUT2D eigenvalue weighted by molar-refractivity contribution is -0.384. The van der Waals surface area contributed by atoms with Gasteiger partial charge in [-0.3, -0.25) is 10.1 Å². The summed E-state index contributed by atoms with van der Waals surface area (Å²) in [6, 6.07) is 4.92. The molecule has 0 amide bonds. The highest BCUT2D eigenvalue weighted by Crippen LogP contribution is 2.21. The molecule has 1 aromatic carbocycles. The van der Waals surface area contributed by atoms with Gasteiger partial charge in [-0.2, -0.15) is 28.1 Å². The van der Waals surface area contributed by atoms with Crippen LogP contribution in [0, 0.1) is 10.1 Å². The highest BCUT2D eigenvalue weighted by molar-refractivity contribution is 5.56. The van der Waals surface area contributed by atoms with Crippen LogP contribution in [0.25, 0.3) is 0 Å². The number of hydrogen-bond donors (Lipinski definition) is 2. The first-order valence-electron chi connectivity index (χ1n) is 8.98. The Kier molecular flexibility index (Phi) is 7.92. The van der Waals surface area contributed by atoms with Gasteiger partial charge >= 0.3 is 12.2 Å². The van der Waals surface area contributed by atoms with E-state index in [1.165, 1.54) is 24.3 Å². The van der Waals surface area contributed by atoms with Crippen LogP contribution < -0.4 is 15.4 Å². The van der Waals surface area contributed by atoms with E-state index in [9.17, 15) is 23.3 Å². The minimum absolute atomic E-state index is 0.0536. The number of nitrogens with zero attached hydrogens (tertiary/aromatic N) is 4. The zero-order valence-electron chi connectivity index (χ0n) is 15.7. The average Bonchev–Trinajstić information content (AvgIpc) is 2.66. The van der Waals surface area contributed by atoms with Gasteiger partial charge in [-0.1, -0.05) is 26.2 Å². The van der Waals surface area contributed by atoms with Crippen LogP contribution >= 0.6 is 0 Å². The number of alkyl halides is 3. The maximum absolute atomic E-state index is 12.4. The largest absolute Gasteiger partial charge is 0.454 e. The molecule has 2 N–H and O–H groups in total. The molecular weight excluding hydrogens is 393 g/mol. The predicted molar refractivity (Wildman–Crippen MR) is 100 cm³/mol. The number of nitrogens with one attached hydrogen (secondary N) is 2. The molecule has 158 valence electrons. The summed E-state index contributed by atoms with van der Waals surface area (Å²) in [5, 5.41) is 16.4. The van der Waals surface area contributed by atoms with Crippen molar-refractivity contribution in [3.63, 3.8) is 0 Å². The van der Waals surface area contributed by atoms with Crippen LogP contribution in [0.4, 0.5) is 36.4 Å². The van der Waals surface area contributed by atoms with Gasteiger partial charge in [0.1, 0.15) is 0 Å². The molecule has 1 heterocycles. The van der Waals surface area contributed by atoms with Gasteiger partial charge < -0.3 is 15.4 Å². The lowest BCUT2D eigenvalue weighted by Gasteiger charge is -2.12. The monoisotopic (exact) mass is 414 g/mol. The molecule has 0 bridgehead atoms. The van der Waals surface area contributed by atoms with Crippen molar-refractivity contribution in [2.24, 2.45) is 0 Å². The van der Waals surface area contributed by atoms with Crippen LogP contribution in [-0.4, -0.2) is 39.2 Å². The van der Waals surface area contributed by atoms with E-state index in [1.54, 1.807) is 0 Å². The number of non-ortho nitro benzene ring substituents is 1. The van der Waals surface area contributed by atoms with Gasteiger partial charge in [-0.05, 0) is 18.6 Å². The number of rotatable bonds is 11. The molecule has 29 heavy (non-hydrogen) atoms. The van der Waals surface area contributed by atoms with E-state index in [4.69, 9.17) is 0 Å². The maximum atomic E-state index is 12.4. The summed E-state index contributed by atoms with van der Waals surface area (Å²) in [7, 11) is 0. The van der Waals surface area contributed by atoms with Gasteiger partial charge in [0, 0.05) is 24.4 Å². The standard InChI is InChI=1S/C17H21F3N6O3/c1-2-3-4-5-10-21-14-23-15(25-16(24-14)29-11-17(18,19)20)22-12-6-8-13(9-7-12)26(27)28/h6-9H,2-5,10-11H2,1H3,(H2,21,22,23,24,25). The SMILES string of the molecule is CCCCCCNc1nc(Nc2ccc([N+](=O)[O-])cc2)nc(OCC(F)(F)F)n1. The van der Waals surface area contributed by atoms with Crippen molar-refractivity contribution in [2.75, 3.05) is 23.8 Å². The fourth-order valence-electron chi connectivity index (χ4n) is 2.25. The summed E-state index contributed by atoms with van der Waals surface area (Å²) in [5.41, 5.74) is 0.312. The molecule has 2 aromatic rings. The van der Waals surface area contributed by atoms with Crippen molar-refractivity contribution < 1.29 is 22.8 Å². The summed E-state index contributed by atoms with van der Waals surface area (Å²) in [6.45, 7) is 1.09. The van der Waals surface area contributed by atoms with Crippen LogP contribution in [0.2, 0.25) is 0 Å². The molecule has 0 aliphatic heterocycles. The van der Waals surface area contributed by atoms with E-state index in [0.29, 0.717) is 12.2 Å². The third kappa shape index (κ3) is 8.15. The first kappa shape index (κ1) is 22.1. The summed E-state index contributed by atoms with van der Waals surface area (Å²) >= 11 is 0. The summed E-state index contributed by atoms with van der Waals surface area (Å²) < 4.78 is 41.9. The van der Waals surface area contributed by atoms with E-state index < -0.39 is 23.7 Å². The third-order valence-electron chi connectivity index (χ3n) is 3.63. The van der Waals surface area contributed by atoms with Crippen molar-refractivity contribution in [1.82, 2.24) is 15.0 Å². The van der Waals surface area contributed by atoms with Crippen LogP contribution in [-0.2, 0) is 0 Å². The van der Waals surface area contributed by atoms with Crippen LogP contribution in [0.5, 0.6) is 6.01 Å². The first-order valence-corrected chi connectivity index (χ1v) is 8.98. The molecule has 0 aliphatic carbocycles. The third-order valence-corrected chi connectivity index (χ3v) is 3.63. The number of ether oxygens (including phenoxy) is 1. The zero-order chi connectivity index (χ0) is 21.3. The van der Waals surface area contributed by atoms with Crippen LogP contribution in [0.3, 0.4) is 0 Å². The number of nitro benzene ring substituents is 1. The van der Waals surface area contributed by atoms with Gasteiger partial charge in [-0.25, -0.2) is 0 Å². The number of aromatic nitrogens is 3. The minimum atomic E-state index is -4.54. The quantitative estimate of drug-likeness (QED) is 0.315.